The van der Waals surface area contributed by atoms with Gasteiger partial charge in [0.05, 0.1) is 5.69 Å². The Kier molecular flexibility index (Phi) is 4.92. The van der Waals surface area contributed by atoms with Gasteiger partial charge in [0.25, 0.3) is 0 Å². The molecule has 1 aliphatic carbocycles. The molecule has 0 spiro atoms. The third-order valence-corrected chi connectivity index (χ3v) is 4.33. The van der Waals surface area contributed by atoms with Crippen LogP contribution >= 0.6 is 0 Å². The van der Waals surface area contributed by atoms with Gasteiger partial charge in [0.15, 0.2) is 0 Å². The number of hydrogen-bond acceptors (Lipinski definition) is 3. The van der Waals surface area contributed by atoms with E-state index >= 15 is 0 Å². The van der Waals surface area contributed by atoms with E-state index in [1.54, 1.807) is 10.9 Å². The molecule has 0 radical (unpaired) electrons. The van der Waals surface area contributed by atoms with Gasteiger partial charge in [-0.25, -0.2) is 9.48 Å². The van der Waals surface area contributed by atoms with Gasteiger partial charge in [0, 0.05) is 36.6 Å². The maximum Gasteiger partial charge on any atom is 0.319 e. The smallest absolute Gasteiger partial charge is 0.319 e. The van der Waals surface area contributed by atoms with Crippen molar-refractivity contribution in [3.05, 3.63) is 42.7 Å². The predicted molar refractivity (Wildman–Crippen MR) is 88.6 cm³/mol. The Balaban J connectivity index is 1.62. The number of aliphatic hydroxyl groups excluding tert-OH is 1. The van der Waals surface area contributed by atoms with Crippen molar-refractivity contribution in [1.29, 1.82) is 0 Å². The zero-order valence-corrected chi connectivity index (χ0v) is 13.0. The Hall–Kier alpha value is -2.34. The topological polar surface area (TPSA) is 79.2 Å². The molecule has 6 nitrogen and oxygen atoms in total. The zero-order chi connectivity index (χ0) is 16.1. The highest BCUT2D eigenvalue weighted by Crippen LogP contribution is 2.24. The Morgan fingerprint density at radius 1 is 1.30 bits per heavy atom. The number of amides is 2. The van der Waals surface area contributed by atoms with Crippen LogP contribution in [0.4, 0.5) is 10.5 Å². The summed E-state index contributed by atoms with van der Waals surface area (Å²) in [6, 6.07) is 9.19. The molecule has 122 valence electrons. The standard InChI is InChI=1S/C17H22N4O2/c22-12-13-5-1-2-8-16(13)20-17(23)19-14-6-3-7-15(11-14)21-10-4-9-18-21/h3-4,6-7,9-11,13,16,22H,1-2,5,8,12H2,(H2,19,20,23)/t13-,16+/m1/s1. The molecule has 0 saturated heterocycles. The van der Waals surface area contributed by atoms with E-state index in [1.165, 1.54) is 0 Å². The van der Waals surface area contributed by atoms with E-state index < -0.39 is 0 Å². The summed E-state index contributed by atoms with van der Waals surface area (Å²) in [6.07, 6.45) is 7.67. The molecule has 1 heterocycles. The van der Waals surface area contributed by atoms with Crippen LogP contribution in [0.15, 0.2) is 42.7 Å². The lowest BCUT2D eigenvalue weighted by atomic mass is 9.85. The average molecular weight is 314 g/mol. The molecule has 2 amide bonds. The van der Waals surface area contributed by atoms with Crippen molar-refractivity contribution in [1.82, 2.24) is 15.1 Å². The van der Waals surface area contributed by atoms with Crippen molar-refractivity contribution in [2.45, 2.75) is 31.7 Å². The van der Waals surface area contributed by atoms with Gasteiger partial charge in [-0.1, -0.05) is 18.9 Å². The first-order valence-electron chi connectivity index (χ1n) is 8.05. The largest absolute Gasteiger partial charge is 0.396 e. The van der Waals surface area contributed by atoms with Crippen molar-refractivity contribution in [2.24, 2.45) is 5.92 Å². The minimum absolute atomic E-state index is 0.0445. The summed E-state index contributed by atoms with van der Waals surface area (Å²) in [6.45, 7) is 0.125. The van der Waals surface area contributed by atoms with Gasteiger partial charge in [-0.2, -0.15) is 5.10 Å². The number of carbonyl (C=O) groups is 1. The molecule has 1 aromatic heterocycles. The van der Waals surface area contributed by atoms with Crippen LogP contribution in [-0.2, 0) is 0 Å². The predicted octanol–water partition coefficient (Wildman–Crippen LogP) is 2.54. The number of benzene rings is 1. The maximum absolute atomic E-state index is 12.2. The molecule has 0 bridgehead atoms. The lowest BCUT2D eigenvalue weighted by molar-refractivity contribution is 0.156. The molecular formula is C17H22N4O2. The summed E-state index contributed by atoms with van der Waals surface area (Å²) in [5.74, 6) is 0.157. The number of rotatable bonds is 4. The average Bonchev–Trinajstić information content (AvgIpc) is 3.10. The summed E-state index contributed by atoms with van der Waals surface area (Å²) >= 11 is 0. The van der Waals surface area contributed by atoms with Gasteiger partial charge in [-0.05, 0) is 37.1 Å². The van der Waals surface area contributed by atoms with Crippen LogP contribution < -0.4 is 10.6 Å². The first kappa shape index (κ1) is 15.6. The third-order valence-electron chi connectivity index (χ3n) is 4.33. The second-order valence-electron chi connectivity index (χ2n) is 5.93. The monoisotopic (exact) mass is 314 g/mol. The number of aromatic nitrogens is 2. The number of nitrogens with zero attached hydrogens (tertiary/aromatic N) is 2. The SMILES string of the molecule is O=C(Nc1cccc(-n2cccn2)c1)N[C@H]1CCCC[C@@H]1CO. The summed E-state index contributed by atoms with van der Waals surface area (Å²) < 4.78 is 1.74. The van der Waals surface area contributed by atoms with Gasteiger partial charge in [-0.3, -0.25) is 0 Å². The first-order chi connectivity index (χ1) is 11.3. The van der Waals surface area contributed by atoms with Crippen LogP contribution in [0.2, 0.25) is 0 Å². The molecule has 2 aromatic rings. The summed E-state index contributed by atoms with van der Waals surface area (Å²) in [5, 5.41) is 19.5. The van der Waals surface area contributed by atoms with Gasteiger partial charge < -0.3 is 15.7 Å². The number of aliphatic hydroxyl groups is 1. The fourth-order valence-corrected chi connectivity index (χ4v) is 3.10. The Morgan fingerprint density at radius 3 is 2.96 bits per heavy atom. The normalized spacial score (nSPS) is 20.9. The van der Waals surface area contributed by atoms with Crippen LogP contribution in [0.5, 0.6) is 0 Å². The van der Waals surface area contributed by atoms with Crippen molar-refractivity contribution in [2.75, 3.05) is 11.9 Å². The quantitative estimate of drug-likeness (QED) is 0.811. The maximum atomic E-state index is 12.2. The van der Waals surface area contributed by atoms with Crippen molar-refractivity contribution >= 4 is 11.7 Å². The van der Waals surface area contributed by atoms with Gasteiger partial charge in [0.2, 0.25) is 0 Å². The zero-order valence-electron chi connectivity index (χ0n) is 13.0. The molecule has 1 saturated carbocycles. The highest BCUT2D eigenvalue weighted by atomic mass is 16.3. The first-order valence-corrected chi connectivity index (χ1v) is 8.05. The van der Waals surface area contributed by atoms with Crippen LogP contribution in [0, 0.1) is 5.92 Å². The van der Waals surface area contributed by atoms with E-state index in [0.29, 0.717) is 5.69 Å². The minimum atomic E-state index is -0.229. The Labute approximate surface area is 135 Å². The molecule has 1 aliphatic rings. The fraction of sp³-hybridized carbons (Fsp3) is 0.412. The molecule has 0 aliphatic heterocycles. The van der Waals surface area contributed by atoms with Crippen LogP contribution in [0.1, 0.15) is 25.7 Å². The number of nitrogens with one attached hydrogen (secondary N) is 2. The third kappa shape index (κ3) is 3.90. The van der Waals surface area contributed by atoms with Gasteiger partial charge in [0.1, 0.15) is 0 Å². The molecule has 3 rings (SSSR count). The molecule has 6 heteroatoms. The minimum Gasteiger partial charge on any atom is -0.396 e. The fourth-order valence-electron chi connectivity index (χ4n) is 3.10. The molecular weight excluding hydrogens is 292 g/mol. The molecule has 0 unspecified atom stereocenters. The van der Waals surface area contributed by atoms with E-state index in [-0.39, 0.29) is 24.6 Å². The highest BCUT2D eigenvalue weighted by Gasteiger charge is 2.25. The summed E-state index contributed by atoms with van der Waals surface area (Å²) in [4.78, 5) is 12.2. The van der Waals surface area contributed by atoms with Crippen molar-refractivity contribution < 1.29 is 9.90 Å². The molecule has 1 aromatic carbocycles. The molecule has 3 N–H and O–H groups in total. The summed E-state index contributed by atoms with van der Waals surface area (Å²) in [5.41, 5.74) is 1.60. The lowest BCUT2D eigenvalue weighted by Crippen LogP contribution is -2.45. The molecule has 2 atom stereocenters. The number of anilines is 1. The summed E-state index contributed by atoms with van der Waals surface area (Å²) in [7, 11) is 0. The highest BCUT2D eigenvalue weighted by molar-refractivity contribution is 5.89. The Bertz CT molecular complexity index is 642. The van der Waals surface area contributed by atoms with Gasteiger partial charge >= 0.3 is 6.03 Å². The van der Waals surface area contributed by atoms with Crippen molar-refractivity contribution in [3.8, 4) is 5.69 Å². The lowest BCUT2D eigenvalue weighted by Gasteiger charge is -2.30. The van der Waals surface area contributed by atoms with E-state index in [4.69, 9.17) is 0 Å². The van der Waals surface area contributed by atoms with Gasteiger partial charge in [-0.15, -0.1) is 0 Å². The second-order valence-corrected chi connectivity index (χ2v) is 5.93. The second kappa shape index (κ2) is 7.28. The number of hydrogen-bond donors (Lipinski definition) is 3. The number of urea groups is 1. The van der Waals surface area contributed by atoms with Crippen LogP contribution in [-0.4, -0.2) is 33.6 Å². The van der Waals surface area contributed by atoms with E-state index in [1.807, 2.05) is 36.5 Å². The number of carbonyl (C=O) groups excluding carboxylic acids is 1. The molecule has 23 heavy (non-hydrogen) atoms. The van der Waals surface area contributed by atoms with Crippen LogP contribution in [0.25, 0.3) is 5.69 Å². The van der Waals surface area contributed by atoms with Crippen molar-refractivity contribution in [3.63, 3.8) is 0 Å². The van der Waals surface area contributed by atoms with E-state index in [0.717, 1.165) is 31.4 Å². The Morgan fingerprint density at radius 2 is 2.17 bits per heavy atom. The molecule has 1 fully saturated rings. The van der Waals surface area contributed by atoms with E-state index in [9.17, 15) is 9.90 Å². The van der Waals surface area contributed by atoms with Crippen LogP contribution in [0.3, 0.4) is 0 Å². The van der Waals surface area contributed by atoms with E-state index in [2.05, 4.69) is 15.7 Å².